The van der Waals surface area contributed by atoms with Crippen LogP contribution in [0.5, 0.6) is 5.75 Å². The fourth-order valence-electron chi connectivity index (χ4n) is 1.98. The molecule has 0 aromatic heterocycles. The zero-order chi connectivity index (χ0) is 14.0. The molecule has 0 aliphatic carbocycles. The molecule has 0 saturated carbocycles. The molecule has 2 rings (SSSR count). The highest BCUT2D eigenvalue weighted by Crippen LogP contribution is 2.14. The Hall–Kier alpha value is -2.47. The summed E-state index contributed by atoms with van der Waals surface area (Å²) in [4.78, 5) is 2.17. The second-order valence-corrected chi connectivity index (χ2v) is 4.39. The lowest BCUT2D eigenvalue weighted by atomic mass is 10.2. The molecule has 0 radical (unpaired) electrons. The third-order valence-electron chi connectivity index (χ3n) is 2.99. The molecule has 0 aliphatic rings. The molecule has 3 heteroatoms. The van der Waals surface area contributed by atoms with Crippen molar-refractivity contribution in [3.63, 3.8) is 0 Å². The van der Waals surface area contributed by atoms with E-state index in [4.69, 9.17) is 10.00 Å². The van der Waals surface area contributed by atoms with E-state index >= 15 is 0 Å². The Morgan fingerprint density at radius 3 is 2.20 bits per heavy atom. The molecule has 0 saturated heterocycles. The summed E-state index contributed by atoms with van der Waals surface area (Å²) >= 11 is 0. The predicted molar refractivity (Wildman–Crippen MR) is 80.8 cm³/mol. The molecule has 3 nitrogen and oxygen atoms in total. The SMILES string of the molecule is N#CCCN(CCOc1ccccc1)c1ccccc1. The van der Waals surface area contributed by atoms with E-state index in [1.54, 1.807) is 0 Å². The zero-order valence-corrected chi connectivity index (χ0v) is 11.4. The van der Waals surface area contributed by atoms with Crippen LogP contribution >= 0.6 is 0 Å². The predicted octanol–water partition coefficient (Wildman–Crippen LogP) is 3.49. The number of anilines is 1. The zero-order valence-electron chi connectivity index (χ0n) is 11.4. The van der Waals surface area contributed by atoms with Crippen LogP contribution in [0.1, 0.15) is 6.42 Å². The fraction of sp³-hybridized carbons (Fsp3) is 0.235. The molecule has 0 heterocycles. The first-order chi connectivity index (χ1) is 9.90. The molecule has 0 bridgehead atoms. The van der Waals surface area contributed by atoms with Gasteiger partial charge in [0, 0.05) is 12.2 Å². The lowest BCUT2D eigenvalue weighted by molar-refractivity contribution is 0.324. The largest absolute Gasteiger partial charge is 0.492 e. The molecule has 2 aromatic carbocycles. The highest BCUT2D eigenvalue weighted by molar-refractivity contribution is 5.46. The van der Waals surface area contributed by atoms with Crippen molar-refractivity contribution in [2.75, 3.05) is 24.6 Å². The second-order valence-electron chi connectivity index (χ2n) is 4.39. The van der Waals surface area contributed by atoms with Gasteiger partial charge in [0.1, 0.15) is 12.4 Å². The third kappa shape index (κ3) is 4.33. The Kier molecular flexibility index (Phi) is 5.48. The first-order valence-corrected chi connectivity index (χ1v) is 6.75. The maximum absolute atomic E-state index is 8.76. The van der Waals surface area contributed by atoms with E-state index in [9.17, 15) is 0 Å². The van der Waals surface area contributed by atoms with Gasteiger partial charge in [-0.25, -0.2) is 0 Å². The van der Waals surface area contributed by atoms with Crippen LogP contribution in [0.25, 0.3) is 0 Å². The van der Waals surface area contributed by atoms with E-state index in [2.05, 4.69) is 23.1 Å². The Labute approximate surface area is 120 Å². The maximum Gasteiger partial charge on any atom is 0.119 e. The molecular formula is C17H18N2O. The molecule has 0 amide bonds. The van der Waals surface area contributed by atoms with Crippen molar-refractivity contribution in [1.29, 1.82) is 5.26 Å². The number of para-hydroxylation sites is 2. The first kappa shape index (κ1) is 14.0. The van der Waals surface area contributed by atoms with Gasteiger partial charge in [0.25, 0.3) is 0 Å². The first-order valence-electron chi connectivity index (χ1n) is 6.75. The Balaban J connectivity index is 1.90. The number of rotatable bonds is 7. The number of hydrogen-bond donors (Lipinski definition) is 0. The van der Waals surface area contributed by atoms with Gasteiger partial charge in [-0.1, -0.05) is 36.4 Å². The minimum atomic E-state index is 0.514. The third-order valence-corrected chi connectivity index (χ3v) is 2.99. The number of ether oxygens (including phenoxy) is 1. The molecule has 0 aliphatic heterocycles. The van der Waals surface area contributed by atoms with Crippen LogP contribution in [0.3, 0.4) is 0 Å². The molecule has 20 heavy (non-hydrogen) atoms. The minimum absolute atomic E-state index is 0.514. The van der Waals surface area contributed by atoms with Crippen molar-refractivity contribution >= 4 is 5.69 Å². The van der Waals surface area contributed by atoms with Gasteiger partial charge in [0.15, 0.2) is 0 Å². The van der Waals surface area contributed by atoms with E-state index < -0.39 is 0 Å². The summed E-state index contributed by atoms with van der Waals surface area (Å²) in [5.74, 6) is 0.876. The van der Waals surface area contributed by atoms with Crippen molar-refractivity contribution in [3.05, 3.63) is 60.7 Å². The van der Waals surface area contributed by atoms with Crippen LogP contribution in [0.2, 0.25) is 0 Å². The Bertz CT molecular complexity index is 534. The summed E-state index contributed by atoms with van der Waals surface area (Å²) < 4.78 is 5.71. The Morgan fingerprint density at radius 1 is 0.900 bits per heavy atom. The highest BCUT2D eigenvalue weighted by Gasteiger charge is 2.05. The van der Waals surface area contributed by atoms with Crippen molar-refractivity contribution in [3.8, 4) is 11.8 Å². The van der Waals surface area contributed by atoms with E-state index in [1.165, 1.54) is 0 Å². The van der Waals surface area contributed by atoms with Gasteiger partial charge in [-0.2, -0.15) is 5.26 Å². The minimum Gasteiger partial charge on any atom is -0.492 e. The van der Waals surface area contributed by atoms with Gasteiger partial charge in [-0.3, -0.25) is 0 Å². The molecule has 102 valence electrons. The molecule has 0 atom stereocenters. The summed E-state index contributed by atoms with van der Waals surface area (Å²) in [5.41, 5.74) is 1.12. The highest BCUT2D eigenvalue weighted by atomic mass is 16.5. The number of nitriles is 1. The lowest BCUT2D eigenvalue weighted by Gasteiger charge is -2.23. The van der Waals surface area contributed by atoms with Gasteiger partial charge in [0.2, 0.25) is 0 Å². The molecule has 2 aromatic rings. The van der Waals surface area contributed by atoms with Crippen LogP contribution < -0.4 is 9.64 Å². The molecule has 0 spiro atoms. The monoisotopic (exact) mass is 266 g/mol. The smallest absolute Gasteiger partial charge is 0.119 e. The van der Waals surface area contributed by atoms with Gasteiger partial charge in [-0.15, -0.1) is 0 Å². The van der Waals surface area contributed by atoms with E-state index in [1.807, 2.05) is 48.5 Å². The second kappa shape index (κ2) is 7.85. The lowest BCUT2D eigenvalue weighted by Crippen LogP contribution is -2.29. The van der Waals surface area contributed by atoms with E-state index in [0.29, 0.717) is 13.0 Å². The van der Waals surface area contributed by atoms with Crippen LogP contribution in [0.15, 0.2) is 60.7 Å². The van der Waals surface area contributed by atoms with E-state index in [-0.39, 0.29) is 0 Å². The van der Waals surface area contributed by atoms with E-state index in [0.717, 1.165) is 24.5 Å². The number of nitrogens with zero attached hydrogens (tertiary/aromatic N) is 2. The molecule has 0 unspecified atom stereocenters. The van der Waals surface area contributed by atoms with Crippen LogP contribution in [-0.4, -0.2) is 19.7 Å². The maximum atomic E-state index is 8.76. The van der Waals surface area contributed by atoms with Gasteiger partial charge in [-0.05, 0) is 24.3 Å². The average molecular weight is 266 g/mol. The summed E-state index contributed by atoms with van der Waals surface area (Å²) in [7, 11) is 0. The standard InChI is InChI=1S/C17H18N2O/c18-12-7-13-19(16-8-3-1-4-9-16)14-15-20-17-10-5-2-6-11-17/h1-6,8-11H,7,13-15H2. The summed E-state index contributed by atoms with van der Waals surface area (Å²) in [6.45, 7) is 2.09. The number of hydrogen-bond acceptors (Lipinski definition) is 3. The van der Waals surface area contributed by atoms with Crippen molar-refractivity contribution < 1.29 is 4.74 Å². The van der Waals surface area contributed by atoms with Crippen molar-refractivity contribution in [2.45, 2.75) is 6.42 Å². The van der Waals surface area contributed by atoms with Gasteiger partial charge < -0.3 is 9.64 Å². The van der Waals surface area contributed by atoms with Crippen molar-refractivity contribution in [1.82, 2.24) is 0 Å². The van der Waals surface area contributed by atoms with Crippen LogP contribution in [0, 0.1) is 11.3 Å². The normalized spacial score (nSPS) is 9.75. The summed E-state index contributed by atoms with van der Waals surface area (Å²) in [6.07, 6.45) is 0.514. The van der Waals surface area contributed by atoms with Gasteiger partial charge >= 0.3 is 0 Å². The van der Waals surface area contributed by atoms with Crippen molar-refractivity contribution in [2.24, 2.45) is 0 Å². The quantitative estimate of drug-likeness (QED) is 0.769. The number of benzene rings is 2. The van der Waals surface area contributed by atoms with Gasteiger partial charge in [0.05, 0.1) is 19.0 Å². The summed E-state index contributed by atoms with van der Waals surface area (Å²) in [5, 5.41) is 8.76. The fourth-order valence-corrected chi connectivity index (χ4v) is 1.98. The summed E-state index contributed by atoms with van der Waals surface area (Å²) in [6, 6.07) is 22.1. The topological polar surface area (TPSA) is 36.3 Å². The Morgan fingerprint density at radius 2 is 1.55 bits per heavy atom. The van der Waals surface area contributed by atoms with Crippen LogP contribution in [-0.2, 0) is 0 Å². The molecule has 0 fully saturated rings. The van der Waals surface area contributed by atoms with Crippen LogP contribution in [0.4, 0.5) is 5.69 Å². The molecular weight excluding hydrogens is 248 g/mol. The average Bonchev–Trinajstić information content (AvgIpc) is 2.52. The molecule has 0 N–H and O–H groups in total.